The van der Waals surface area contributed by atoms with E-state index in [9.17, 15) is 4.79 Å². The minimum atomic E-state index is -0.157. The molecule has 0 aliphatic heterocycles. The monoisotopic (exact) mass is 315 g/mol. The fourth-order valence-corrected chi connectivity index (χ4v) is 3.25. The van der Waals surface area contributed by atoms with Gasteiger partial charge in [0.25, 0.3) is 0 Å². The van der Waals surface area contributed by atoms with E-state index in [2.05, 4.69) is 53.7 Å². The number of urea groups is 1. The lowest BCUT2D eigenvalue weighted by molar-refractivity contribution is 0.248. The van der Waals surface area contributed by atoms with Crippen LogP contribution in [-0.2, 0) is 6.42 Å². The molecule has 0 bridgehead atoms. The molecule has 2 amide bonds. The summed E-state index contributed by atoms with van der Waals surface area (Å²) in [6.45, 7) is 4.14. The van der Waals surface area contributed by atoms with E-state index in [1.54, 1.807) is 0 Å². The first kappa shape index (κ1) is 15.0. The van der Waals surface area contributed by atoms with Gasteiger partial charge in [-0.2, -0.15) is 0 Å². The molecule has 3 rings (SSSR count). The largest absolute Gasteiger partial charge is 0.335 e. The standard InChI is InChI=1S/C17H21N3OS/c1-11-3-5-13(6-4-11)9-15-10-18-17(22-15)20-16(21)19-12(2)14-7-8-14/h3-6,10,12,14H,7-9H2,1-2H3,(H2,18,19,20,21). The topological polar surface area (TPSA) is 54.0 Å². The number of nitrogens with zero attached hydrogens (tertiary/aromatic N) is 1. The molecule has 1 aliphatic rings. The Labute approximate surface area is 135 Å². The van der Waals surface area contributed by atoms with Crippen LogP contribution < -0.4 is 10.6 Å². The molecule has 1 aliphatic carbocycles. The molecule has 2 aromatic rings. The molecule has 1 unspecified atom stereocenters. The number of nitrogens with one attached hydrogen (secondary N) is 2. The highest BCUT2D eigenvalue weighted by atomic mass is 32.1. The van der Waals surface area contributed by atoms with Gasteiger partial charge in [-0.1, -0.05) is 29.8 Å². The second kappa shape index (κ2) is 6.48. The average Bonchev–Trinajstić information content (AvgIpc) is 3.24. The van der Waals surface area contributed by atoms with E-state index in [0.29, 0.717) is 11.0 Å². The Morgan fingerprint density at radius 1 is 1.36 bits per heavy atom. The summed E-state index contributed by atoms with van der Waals surface area (Å²) in [5.74, 6) is 0.652. The number of rotatable bonds is 5. The predicted molar refractivity (Wildman–Crippen MR) is 90.4 cm³/mol. The van der Waals surface area contributed by atoms with Crippen LogP contribution in [0.2, 0.25) is 0 Å². The Kier molecular flexibility index (Phi) is 4.43. The van der Waals surface area contributed by atoms with Crippen molar-refractivity contribution in [2.75, 3.05) is 5.32 Å². The Morgan fingerprint density at radius 2 is 2.09 bits per heavy atom. The summed E-state index contributed by atoms with van der Waals surface area (Å²) in [5, 5.41) is 6.46. The highest BCUT2D eigenvalue weighted by Gasteiger charge is 2.28. The van der Waals surface area contributed by atoms with Gasteiger partial charge in [0.15, 0.2) is 5.13 Å². The third kappa shape index (κ3) is 4.07. The highest BCUT2D eigenvalue weighted by molar-refractivity contribution is 7.15. The first-order valence-electron chi connectivity index (χ1n) is 7.68. The molecule has 1 saturated carbocycles. The number of anilines is 1. The minimum absolute atomic E-state index is 0.157. The van der Waals surface area contributed by atoms with Gasteiger partial charge in [-0.3, -0.25) is 5.32 Å². The Bertz CT molecular complexity index is 646. The van der Waals surface area contributed by atoms with Crippen LogP contribution in [0.5, 0.6) is 0 Å². The zero-order valence-corrected chi connectivity index (χ0v) is 13.7. The molecule has 1 aromatic heterocycles. The summed E-state index contributed by atoms with van der Waals surface area (Å²) in [7, 11) is 0. The molecule has 0 saturated heterocycles. The summed E-state index contributed by atoms with van der Waals surface area (Å²) in [4.78, 5) is 17.3. The summed E-state index contributed by atoms with van der Waals surface area (Å²) < 4.78 is 0. The number of benzene rings is 1. The maximum Gasteiger partial charge on any atom is 0.321 e. The molecule has 1 heterocycles. The van der Waals surface area contributed by atoms with Crippen molar-refractivity contribution >= 4 is 22.5 Å². The van der Waals surface area contributed by atoms with Gasteiger partial charge in [0.1, 0.15) is 0 Å². The molecule has 4 nitrogen and oxygen atoms in total. The quantitative estimate of drug-likeness (QED) is 0.877. The first-order valence-corrected chi connectivity index (χ1v) is 8.49. The van der Waals surface area contributed by atoms with Gasteiger partial charge in [0.05, 0.1) is 0 Å². The van der Waals surface area contributed by atoms with Crippen molar-refractivity contribution in [1.29, 1.82) is 0 Å². The van der Waals surface area contributed by atoms with Crippen molar-refractivity contribution in [3.63, 3.8) is 0 Å². The average molecular weight is 315 g/mol. The van der Waals surface area contributed by atoms with E-state index in [1.165, 1.54) is 35.3 Å². The van der Waals surface area contributed by atoms with Crippen LogP contribution in [0.3, 0.4) is 0 Å². The van der Waals surface area contributed by atoms with Crippen LogP contribution in [0.4, 0.5) is 9.93 Å². The second-order valence-corrected chi connectivity index (χ2v) is 7.13. The molecular weight excluding hydrogens is 294 g/mol. The van der Waals surface area contributed by atoms with Crippen molar-refractivity contribution < 1.29 is 4.79 Å². The number of carbonyl (C=O) groups excluding carboxylic acids is 1. The van der Waals surface area contributed by atoms with Gasteiger partial charge in [0.2, 0.25) is 0 Å². The third-order valence-corrected chi connectivity index (χ3v) is 4.87. The molecule has 0 spiro atoms. The molecule has 0 radical (unpaired) electrons. The lowest BCUT2D eigenvalue weighted by Gasteiger charge is -2.12. The van der Waals surface area contributed by atoms with E-state index in [-0.39, 0.29) is 12.1 Å². The molecule has 5 heteroatoms. The lowest BCUT2D eigenvalue weighted by Crippen LogP contribution is -2.37. The molecule has 1 atom stereocenters. The molecule has 1 aromatic carbocycles. The van der Waals surface area contributed by atoms with Crippen LogP contribution in [0.15, 0.2) is 30.5 Å². The number of carbonyl (C=O) groups is 1. The van der Waals surface area contributed by atoms with Crippen molar-refractivity contribution in [1.82, 2.24) is 10.3 Å². The maximum absolute atomic E-state index is 11.9. The summed E-state index contributed by atoms with van der Waals surface area (Å²) >= 11 is 1.53. The number of amides is 2. The fraction of sp³-hybridized carbons (Fsp3) is 0.412. The minimum Gasteiger partial charge on any atom is -0.335 e. The van der Waals surface area contributed by atoms with E-state index < -0.39 is 0 Å². The van der Waals surface area contributed by atoms with Gasteiger partial charge < -0.3 is 5.32 Å². The molecule has 22 heavy (non-hydrogen) atoms. The summed E-state index contributed by atoms with van der Waals surface area (Å²) in [6.07, 6.45) is 5.13. The van der Waals surface area contributed by atoms with Gasteiger partial charge in [0, 0.05) is 23.5 Å². The fourth-order valence-electron chi connectivity index (χ4n) is 2.41. The van der Waals surface area contributed by atoms with Crippen LogP contribution >= 0.6 is 11.3 Å². The predicted octanol–water partition coefficient (Wildman–Crippen LogP) is 3.96. The number of hydrogen-bond acceptors (Lipinski definition) is 3. The van der Waals surface area contributed by atoms with Crippen molar-refractivity contribution in [3.05, 3.63) is 46.5 Å². The highest BCUT2D eigenvalue weighted by Crippen LogP contribution is 2.32. The van der Waals surface area contributed by atoms with Gasteiger partial charge in [-0.15, -0.1) is 11.3 Å². The third-order valence-electron chi connectivity index (χ3n) is 3.96. The lowest BCUT2D eigenvalue weighted by atomic mass is 10.1. The molecule has 2 N–H and O–H groups in total. The number of thiazole rings is 1. The Hall–Kier alpha value is -1.88. The van der Waals surface area contributed by atoms with E-state index in [1.807, 2.05) is 6.20 Å². The SMILES string of the molecule is Cc1ccc(Cc2cnc(NC(=O)NC(C)C3CC3)s2)cc1. The van der Waals surface area contributed by atoms with Crippen molar-refractivity contribution in [2.45, 2.75) is 39.2 Å². The summed E-state index contributed by atoms with van der Waals surface area (Å²) in [6, 6.07) is 8.57. The van der Waals surface area contributed by atoms with Gasteiger partial charge >= 0.3 is 6.03 Å². The van der Waals surface area contributed by atoms with Gasteiger partial charge in [-0.05, 0) is 38.2 Å². The van der Waals surface area contributed by atoms with Crippen LogP contribution in [-0.4, -0.2) is 17.1 Å². The van der Waals surface area contributed by atoms with Crippen LogP contribution in [0.25, 0.3) is 0 Å². The normalized spacial score (nSPS) is 15.4. The molecular formula is C17H21N3OS. The maximum atomic E-state index is 11.9. The van der Waals surface area contributed by atoms with Crippen molar-refractivity contribution in [3.8, 4) is 0 Å². The summed E-state index contributed by atoms with van der Waals surface area (Å²) in [5.41, 5.74) is 2.52. The van der Waals surface area contributed by atoms with E-state index >= 15 is 0 Å². The first-order chi connectivity index (χ1) is 10.6. The number of hydrogen-bond donors (Lipinski definition) is 2. The zero-order valence-electron chi connectivity index (χ0n) is 12.9. The van der Waals surface area contributed by atoms with E-state index in [4.69, 9.17) is 0 Å². The number of aryl methyl sites for hydroxylation is 1. The smallest absolute Gasteiger partial charge is 0.321 e. The number of aromatic nitrogens is 1. The zero-order chi connectivity index (χ0) is 15.5. The van der Waals surface area contributed by atoms with E-state index in [0.717, 1.165) is 11.3 Å². The molecule has 116 valence electrons. The van der Waals surface area contributed by atoms with Crippen molar-refractivity contribution in [2.24, 2.45) is 5.92 Å². The van der Waals surface area contributed by atoms with Crippen LogP contribution in [0, 0.1) is 12.8 Å². The Balaban J connectivity index is 1.54. The van der Waals surface area contributed by atoms with Gasteiger partial charge in [-0.25, -0.2) is 9.78 Å². The second-order valence-electron chi connectivity index (χ2n) is 6.02. The Morgan fingerprint density at radius 3 is 2.77 bits per heavy atom. The van der Waals surface area contributed by atoms with Crippen LogP contribution in [0.1, 0.15) is 35.8 Å². The molecule has 1 fully saturated rings.